The van der Waals surface area contributed by atoms with Crippen LogP contribution in [-0.4, -0.2) is 34.7 Å². The zero-order chi connectivity index (χ0) is 13.7. The van der Waals surface area contributed by atoms with Crippen LogP contribution in [0.3, 0.4) is 0 Å². The Morgan fingerprint density at radius 1 is 1.37 bits per heavy atom. The van der Waals surface area contributed by atoms with Crippen molar-refractivity contribution in [3.63, 3.8) is 0 Å². The molecule has 2 heterocycles. The molecule has 19 heavy (non-hydrogen) atoms. The first-order chi connectivity index (χ1) is 9.16. The average molecular weight is 260 g/mol. The average Bonchev–Trinajstić information content (AvgIpc) is 2.46. The lowest BCUT2D eigenvalue weighted by molar-refractivity contribution is -0.134. The predicted molar refractivity (Wildman–Crippen MR) is 72.5 cm³/mol. The largest absolute Gasteiger partial charge is 0.343 e. The molecular weight excluding hydrogens is 240 g/mol. The Hall–Kier alpha value is -1.71. The lowest BCUT2D eigenvalue weighted by Gasteiger charge is -2.31. The molecule has 0 radical (unpaired) electrons. The van der Waals surface area contributed by atoms with Gasteiger partial charge >= 0.3 is 0 Å². The third-order valence-corrected chi connectivity index (χ3v) is 3.77. The summed E-state index contributed by atoms with van der Waals surface area (Å²) >= 11 is 0. The molecular formula is C15H20N2O2. The second-order valence-electron chi connectivity index (χ2n) is 5.13. The molecule has 4 nitrogen and oxygen atoms in total. The molecule has 0 N–H and O–H groups in total. The number of hydrogen-bond acceptors (Lipinski definition) is 3. The zero-order valence-corrected chi connectivity index (χ0v) is 11.3. The monoisotopic (exact) mass is 260 g/mol. The summed E-state index contributed by atoms with van der Waals surface area (Å²) in [6.07, 6.45) is 6.42. The van der Waals surface area contributed by atoms with Gasteiger partial charge in [0.15, 0.2) is 0 Å². The molecule has 0 atom stereocenters. The van der Waals surface area contributed by atoms with E-state index in [4.69, 9.17) is 0 Å². The molecule has 0 unspecified atom stereocenters. The number of rotatable bonds is 4. The number of pyridine rings is 1. The molecule has 1 amide bonds. The van der Waals surface area contributed by atoms with Crippen LogP contribution in [0.5, 0.6) is 0 Å². The third kappa shape index (κ3) is 3.88. The number of piperidine rings is 1. The highest BCUT2D eigenvalue weighted by Gasteiger charge is 2.24. The van der Waals surface area contributed by atoms with Gasteiger partial charge in [-0.2, -0.15) is 0 Å². The van der Waals surface area contributed by atoms with Crippen LogP contribution in [-0.2, 0) is 16.0 Å². The maximum absolute atomic E-state index is 12.1. The van der Waals surface area contributed by atoms with Gasteiger partial charge in [0, 0.05) is 37.8 Å². The fourth-order valence-corrected chi connectivity index (χ4v) is 2.49. The van der Waals surface area contributed by atoms with Crippen molar-refractivity contribution in [1.29, 1.82) is 0 Å². The minimum absolute atomic E-state index is 0.155. The van der Waals surface area contributed by atoms with E-state index in [1.807, 2.05) is 17.0 Å². The van der Waals surface area contributed by atoms with Gasteiger partial charge in [0.1, 0.15) is 5.78 Å². The first-order valence-electron chi connectivity index (χ1n) is 6.84. The van der Waals surface area contributed by atoms with E-state index in [-0.39, 0.29) is 17.6 Å². The molecule has 0 bridgehead atoms. The first-order valence-corrected chi connectivity index (χ1v) is 6.84. The molecule has 1 fully saturated rings. The number of aryl methyl sites for hydroxylation is 1. The van der Waals surface area contributed by atoms with Crippen LogP contribution in [0.2, 0.25) is 0 Å². The molecule has 0 spiro atoms. The molecule has 1 aliphatic heterocycles. The number of aromatic nitrogens is 1. The van der Waals surface area contributed by atoms with Gasteiger partial charge in [0.05, 0.1) is 0 Å². The minimum atomic E-state index is 0.155. The van der Waals surface area contributed by atoms with Crippen LogP contribution in [0.25, 0.3) is 0 Å². The van der Waals surface area contributed by atoms with Gasteiger partial charge < -0.3 is 4.90 Å². The smallest absolute Gasteiger partial charge is 0.222 e. The summed E-state index contributed by atoms with van der Waals surface area (Å²) in [5, 5.41) is 0. The van der Waals surface area contributed by atoms with E-state index in [0.717, 1.165) is 37.9 Å². The van der Waals surface area contributed by atoms with Gasteiger partial charge in [-0.05, 0) is 37.8 Å². The van der Waals surface area contributed by atoms with Crippen molar-refractivity contribution < 1.29 is 9.59 Å². The molecule has 2 rings (SSSR count). The van der Waals surface area contributed by atoms with E-state index in [2.05, 4.69) is 4.98 Å². The maximum atomic E-state index is 12.1. The Kier molecular flexibility index (Phi) is 4.66. The Bertz CT molecular complexity index is 437. The number of likely N-dealkylation sites (tertiary alicyclic amines) is 1. The maximum Gasteiger partial charge on any atom is 0.222 e. The number of carbonyl (C=O) groups excluding carboxylic acids is 2. The molecule has 102 valence electrons. The van der Waals surface area contributed by atoms with Crippen LogP contribution in [0.4, 0.5) is 0 Å². The number of carbonyl (C=O) groups is 2. The summed E-state index contributed by atoms with van der Waals surface area (Å²) in [7, 11) is 0. The molecule has 0 aromatic carbocycles. The first kappa shape index (κ1) is 13.7. The molecule has 1 aromatic rings. The van der Waals surface area contributed by atoms with Crippen molar-refractivity contribution in [3.05, 3.63) is 30.1 Å². The predicted octanol–water partition coefficient (Wildman–Crippen LogP) is 1.84. The Morgan fingerprint density at radius 2 is 2.11 bits per heavy atom. The van der Waals surface area contributed by atoms with Crippen molar-refractivity contribution in [2.75, 3.05) is 13.1 Å². The SMILES string of the molecule is CC(=O)C1CCN(C(=O)CCc2cccnc2)CC1. The van der Waals surface area contributed by atoms with E-state index in [0.29, 0.717) is 6.42 Å². The minimum Gasteiger partial charge on any atom is -0.343 e. The van der Waals surface area contributed by atoms with Crippen LogP contribution in [0.1, 0.15) is 31.7 Å². The molecule has 1 saturated heterocycles. The summed E-state index contributed by atoms with van der Waals surface area (Å²) in [6, 6.07) is 3.88. The van der Waals surface area contributed by atoms with Gasteiger partial charge in [-0.15, -0.1) is 0 Å². The summed E-state index contributed by atoms with van der Waals surface area (Å²) < 4.78 is 0. The van der Waals surface area contributed by atoms with Gasteiger partial charge in [-0.1, -0.05) is 6.07 Å². The number of Topliss-reactive ketones (excluding diaryl/α,β-unsaturated/α-hetero) is 1. The Labute approximate surface area is 113 Å². The topological polar surface area (TPSA) is 50.3 Å². The molecule has 4 heteroatoms. The molecule has 0 aliphatic carbocycles. The zero-order valence-electron chi connectivity index (χ0n) is 11.3. The Balaban J connectivity index is 1.77. The summed E-state index contributed by atoms with van der Waals surface area (Å²) in [6.45, 7) is 3.08. The van der Waals surface area contributed by atoms with E-state index in [1.165, 1.54) is 0 Å². The Morgan fingerprint density at radius 3 is 2.68 bits per heavy atom. The van der Waals surface area contributed by atoms with E-state index in [9.17, 15) is 9.59 Å². The summed E-state index contributed by atoms with van der Waals surface area (Å²) in [5.41, 5.74) is 1.09. The molecule has 1 aromatic heterocycles. The third-order valence-electron chi connectivity index (χ3n) is 3.77. The van der Waals surface area contributed by atoms with E-state index >= 15 is 0 Å². The van der Waals surface area contributed by atoms with Crippen molar-refractivity contribution in [3.8, 4) is 0 Å². The van der Waals surface area contributed by atoms with Crippen molar-refractivity contribution in [2.45, 2.75) is 32.6 Å². The second-order valence-corrected chi connectivity index (χ2v) is 5.13. The highest BCUT2D eigenvalue weighted by atomic mass is 16.2. The van der Waals surface area contributed by atoms with Crippen LogP contribution in [0, 0.1) is 5.92 Å². The quantitative estimate of drug-likeness (QED) is 0.830. The number of ketones is 1. The van der Waals surface area contributed by atoms with Crippen molar-refractivity contribution in [1.82, 2.24) is 9.88 Å². The van der Waals surface area contributed by atoms with Crippen molar-refractivity contribution >= 4 is 11.7 Å². The van der Waals surface area contributed by atoms with Crippen LogP contribution < -0.4 is 0 Å². The molecule has 1 aliphatic rings. The van der Waals surface area contributed by atoms with Gasteiger partial charge in [0.2, 0.25) is 5.91 Å². The highest BCUT2D eigenvalue weighted by Crippen LogP contribution is 2.18. The highest BCUT2D eigenvalue weighted by molar-refractivity contribution is 5.79. The lowest BCUT2D eigenvalue weighted by Crippen LogP contribution is -2.40. The summed E-state index contributed by atoms with van der Waals surface area (Å²) in [4.78, 5) is 29.3. The fourth-order valence-electron chi connectivity index (χ4n) is 2.49. The molecule has 0 saturated carbocycles. The standard InChI is InChI=1S/C15H20N2O2/c1-12(18)14-6-9-17(10-7-14)15(19)5-4-13-3-2-8-16-11-13/h2-3,8,11,14H,4-7,9-10H2,1H3. The van der Waals surface area contributed by atoms with Gasteiger partial charge in [-0.3, -0.25) is 14.6 Å². The van der Waals surface area contributed by atoms with Gasteiger partial charge in [-0.25, -0.2) is 0 Å². The number of amides is 1. The van der Waals surface area contributed by atoms with Crippen molar-refractivity contribution in [2.24, 2.45) is 5.92 Å². The van der Waals surface area contributed by atoms with E-state index < -0.39 is 0 Å². The van der Waals surface area contributed by atoms with Crippen LogP contribution >= 0.6 is 0 Å². The van der Waals surface area contributed by atoms with Gasteiger partial charge in [0.25, 0.3) is 0 Å². The fraction of sp³-hybridized carbons (Fsp3) is 0.533. The number of hydrogen-bond donors (Lipinski definition) is 0. The second kappa shape index (κ2) is 6.45. The number of nitrogens with zero attached hydrogens (tertiary/aromatic N) is 2. The van der Waals surface area contributed by atoms with Crippen LogP contribution in [0.15, 0.2) is 24.5 Å². The normalized spacial score (nSPS) is 16.4. The lowest BCUT2D eigenvalue weighted by atomic mass is 9.93. The summed E-state index contributed by atoms with van der Waals surface area (Å²) in [5.74, 6) is 0.593. The van der Waals surface area contributed by atoms with E-state index in [1.54, 1.807) is 19.3 Å².